The van der Waals surface area contributed by atoms with Crippen LogP contribution in [-0.2, 0) is 13.6 Å². The van der Waals surface area contributed by atoms with Gasteiger partial charge < -0.3 is 20.4 Å². The summed E-state index contributed by atoms with van der Waals surface area (Å²) in [6, 6.07) is 12.8. The summed E-state index contributed by atoms with van der Waals surface area (Å²) in [5.74, 6) is 1.17. The summed E-state index contributed by atoms with van der Waals surface area (Å²) in [6.07, 6.45) is 4.71. The van der Waals surface area contributed by atoms with Crippen LogP contribution in [-0.4, -0.2) is 29.7 Å². The van der Waals surface area contributed by atoms with E-state index in [4.69, 9.17) is 16.3 Å². The first kappa shape index (κ1) is 20.7. The van der Waals surface area contributed by atoms with Crippen molar-refractivity contribution >= 4 is 40.1 Å². The van der Waals surface area contributed by atoms with Gasteiger partial charge in [-0.05, 0) is 29.8 Å². The van der Waals surface area contributed by atoms with Crippen molar-refractivity contribution in [3.8, 4) is 11.8 Å². The molecule has 0 aliphatic carbocycles. The first-order valence-electron chi connectivity index (χ1n) is 9.96. The molecule has 0 aliphatic rings. The van der Waals surface area contributed by atoms with Gasteiger partial charge in [0.15, 0.2) is 11.6 Å². The van der Waals surface area contributed by atoms with Gasteiger partial charge in [-0.15, -0.1) is 0 Å². The highest BCUT2D eigenvalue weighted by molar-refractivity contribution is 6.30. The number of benzene rings is 2. The van der Waals surface area contributed by atoms with Crippen LogP contribution in [0.1, 0.15) is 5.56 Å². The zero-order chi connectivity index (χ0) is 22.8. The van der Waals surface area contributed by atoms with Gasteiger partial charge in [0.2, 0.25) is 5.95 Å². The van der Waals surface area contributed by atoms with Crippen LogP contribution < -0.4 is 15.4 Å². The van der Waals surface area contributed by atoms with Crippen molar-refractivity contribution in [2.24, 2.45) is 7.05 Å². The van der Waals surface area contributed by atoms with E-state index in [1.54, 1.807) is 36.1 Å². The smallest absolute Gasteiger partial charge is 0.321 e. The predicted octanol–water partition coefficient (Wildman–Crippen LogP) is 5.03. The number of fused-ring (bicyclic) bond motifs is 1. The Hall–Kier alpha value is -4.18. The average Bonchev–Trinajstić information content (AvgIpc) is 3.43. The second kappa shape index (κ2) is 8.75. The minimum atomic E-state index is -0.451. The van der Waals surface area contributed by atoms with Crippen LogP contribution in [0.3, 0.4) is 0 Å². The molecule has 11 heteroatoms. The molecule has 0 bridgehead atoms. The summed E-state index contributed by atoms with van der Waals surface area (Å²) in [5, 5.41) is 10.8. The molecule has 3 N–H and O–H groups in total. The second-order valence-corrected chi connectivity index (χ2v) is 7.63. The number of nitrogens with one attached hydrogen (secondary N) is 3. The van der Waals surface area contributed by atoms with Crippen molar-refractivity contribution in [2.45, 2.75) is 6.54 Å². The molecule has 0 saturated heterocycles. The SMILES string of the molecule is Cn1ccc(Nc2ccc3[nH]c(NCc4ccc(Oc5ncc(Cl)cn5)cc4)nc3c2F)n1. The number of rotatable bonds is 7. The zero-order valence-corrected chi connectivity index (χ0v) is 18.1. The summed E-state index contributed by atoms with van der Waals surface area (Å²) in [5.41, 5.74) is 2.12. The van der Waals surface area contributed by atoms with E-state index in [9.17, 15) is 4.39 Å². The summed E-state index contributed by atoms with van der Waals surface area (Å²) in [4.78, 5) is 15.4. The molecule has 0 atom stereocenters. The van der Waals surface area contributed by atoms with E-state index in [0.717, 1.165) is 5.56 Å². The number of aryl methyl sites for hydroxylation is 1. The van der Waals surface area contributed by atoms with Gasteiger partial charge in [0.1, 0.15) is 11.3 Å². The molecule has 0 spiro atoms. The third-order valence-electron chi connectivity index (χ3n) is 4.76. The molecule has 5 aromatic rings. The van der Waals surface area contributed by atoms with Crippen LogP contribution in [0.4, 0.5) is 21.8 Å². The summed E-state index contributed by atoms with van der Waals surface area (Å²) < 4.78 is 22.2. The molecular formula is C22H18ClFN8O. The molecule has 5 rings (SSSR count). The highest BCUT2D eigenvalue weighted by Crippen LogP contribution is 2.26. The Morgan fingerprint density at radius 3 is 2.61 bits per heavy atom. The number of imidazole rings is 1. The number of H-pyrrole nitrogens is 1. The molecule has 0 fully saturated rings. The number of nitrogens with zero attached hydrogens (tertiary/aromatic N) is 5. The number of aromatic amines is 1. The standard InChI is InChI=1S/C22H18ClFN8O/c1-32-9-8-18(31-32)28-16-6-7-17-20(19(16)24)30-21(29-17)25-10-13-2-4-15(5-3-13)33-22-26-11-14(23)12-27-22/h2-9,11-12H,10H2,1H3,(H,28,31)(H2,25,29,30). The lowest BCUT2D eigenvalue weighted by atomic mass is 10.2. The normalized spacial score (nSPS) is 11.0. The van der Waals surface area contributed by atoms with Crippen molar-refractivity contribution in [1.29, 1.82) is 0 Å². The molecule has 0 amide bonds. The van der Waals surface area contributed by atoms with Crippen molar-refractivity contribution in [3.63, 3.8) is 0 Å². The lowest BCUT2D eigenvalue weighted by Crippen LogP contribution is -2.01. The first-order valence-corrected chi connectivity index (χ1v) is 10.3. The number of ether oxygens (including phenoxy) is 1. The molecule has 0 saturated carbocycles. The molecule has 2 aromatic carbocycles. The summed E-state index contributed by atoms with van der Waals surface area (Å²) in [7, 11) is 1.80. The van der Waals surface area contributed by atoms with Crippen molar-refractivity contribution in [3.05, 3.63) is 77.5 Å². The van der Waals surface area contributed by atoms with Crippen LogP contribution in [0.15, 0.2) is 61.1 Å². The van der Waals surface area contributed by atoms with E-state index in [0.29, 0.717) is 40.3 Å². The monoisotopic (exact) mass is 464 g/mol. The number of anilines is 3. The van der Waals surface area contributed by atoms with Crippen LogP contribution >= 0.6 is 11.6 Å². The van der Waals surface area contributed by atoms with E-state index in [2.05, 4.69) is 35.7 Å². The van der Waals surface area contributed by atoms with Crippen molar-refractivity contribution < 1.29 is 9.13 Å². The fraction of sp³-hybridized carbons (Fsp3) is 0.0909. The number of aromatic nitrogens is 6. The third-order valence-corrected chi connectivity index (χ3v) is 4.95. The van der Waals surface area contributed by atoms with Crippen LogP contribution in [0.25, 0.3) is 11.0 Å². The molecule has 33 heavy (non-hydrogen) atoms. The topological polar surface area (TPSA) is 106 Å². The Balaban J connectivity index is 1.24. The van der Waals surface area contributed by atoms with E-state index in [1.807, 2.05) is 24.3 Å². The fourth-order valence-electron chi connectivity index (χ4n) is 3.16. The van der Waals surface area contributed by atoms with Gasteiger partial charge in [0.05, 0.1) is 28.6 Å². The van der Waals surface area contributed by atoms with Gasteiger partial charge in [-0.1, -0.05) is 23.7 Å². The largest absolute Gasteiger partial charge is 0.424 e. The maximum absolute atomic E-state index is 14.9. The highest BCUT2D eigenvalue weighted by Gasteiger charge is 2.13. The highest BCUT2D eigenvalue weighted by atomic mass is 35.5. The van der Waals surface area contributed by atoms with E-state index < -0.39 is 5.82 Å². The molecule has 3 aromatic heterocycles. The maximum Gasteiger partial charge on any atom is 0.321 e. The zero-order valence-electron chi connectivity index (χ0n) is 17.4. The number of hydrogen-bond acceptors (Lipinski definition) is 7. The molecule has 166 valence electrons. The lowest BCUT2D eigenvalue weighted by Gasteiger charge is -2.06. The van der Waals surface area contributed by atoms with Crippen LogP contribution in [0, 0.1) is 5.82 Å². The van der Waals surface area contributed by atoms with Gasteiger partial charge in [-0.2, -0.15) is 5.10 Å². The molecular weight excluding hydrogens is 447 g/mol. The Labute approximate surface area is 192 Å². The fourth-order valence-corrected chi connectivity index (χ4v) is 3.26. The van der Waals surface area contributed by atoms with E-state index in [1.165, 1.54) is 12.4 Å². The molecule has 9 nitrogen and oxygen atoms in total. The van der Waals surface area contributed by atoms with Gasteiger partial charge in [-0.3, -0.25) is 4.68 Å². The Bertz CT molecular complexity index is 1400. The first-order chi connectivity index (χ1) is 16.0. The van der Waals surface area contributed by atoms with Gasteiger partial charge >= 0.3 is 6.01 Å². The minimum absolute atomic E-state index is 0.214. The maximum atomic E-state index is 14.9. The van der Waals surface area contributed by atoms with Gasteiger partial charge in [-0.25, -0.2) is 19.3 Å². The quantitative estimate of drug-likeness (QED) is 0.310. The lowest BCUT2D eigenvalue weighted by molar-refractivity contribution is 0.441. The Kier molecular flexibility index (Phi) is 5.49. The van der Waals surface area contributed by atoms with Crippen LogP contribution in [0.2, 0.25) is 5.02 Å². The second-order valence-electron chi connectivity index (χ2n) is 7.19. The number of halogens is 2. The van der Waals surface area contributed by atoms with Crippen molar-refractivity contribution in [1.82, 2.24) is 29.7 Å². The van der Waals surface area contributed by atoms with Gasteiger partial charge in [0.25, 0.3) is 0 Å². The van der Waals surface area contributed by atoms with Crippen molar-refractivity contribution in [2.75, 3.05) is 10.6 Å². The third kappa shape index (κ3) is 4.70. The predicted molar refractivity (Wildman–Crippen MR) is 123 cm³/mol. The Morgan fingerprint density at radius 1 is 1.09 bits per heavy atom. The number of hydrogen-bond donors (Lipinski definition) is 3. The summed E-state index contributed by atoms with van der Waals surface area (Å²) >= 11 is 5.77. The molecule has 0 radical (unpaired) electrons. The van der Waals surface area contributed by atoms with E-state index >= 15 is 0 Å². The molecule has 0 aliphatic heterocycles. The summed E-state index contributed by atoms with van der Waals surface area (Å²) in [6.45, 7) is 0.484. The van der Waals surface area contributed by atoms with Crippen LogP contribution in [0.5, 0.6) is 11.8 Å². The average molecular weight is 465 g/mol. The minimum Gasteiger partial charge on any atom is -0.424 e. The van der Waals surface area contributed by atoms with E-state index in [-0.39, 0.29) is 11.5 Å². The van der Waals surface area contributed by atoms with Gasteiger partial charge in [0, 0.05) is 25.9 Å². The molecule has 3 heterocycles. The Morgan fingerprint density at radius 2 is 1.88 bits per heavy atom. The molecule has 0 unspecified atom stereocenters.